The summed E-state index contributed by atoms with van der Waals surface area (Å²) in [6, 6.07) is -0.491. The van der Waals surface area contributed by atoms with Crippen LogP contribution in [0.1, 0.15) is 0 Å². The van der Waals surface area contributed by atoms with Crippen LogP contribution in [0.15, 0.2) is 0 Å². The zero-order chi connectivity index (χ0) is 7.28. The van der Waals surface area contributed by atoms with Gasteiger partial charge in [0.05, 0.1) is 7.11 Å². The standard InChI is InChI=1S/C4H10N2O2P.U/c1-3(6-9)4(7)5-8-2;/h3,6H,1,9H2,2H3,(H,5,7);/q-1;. The fourth-order valence-corrected chi connectivity index (χ4v) is 0.399. The number of carbonyl (C=O) groups excluding carboxylic acids is 1. The van der Waals surface area contributed by atoms with E-state index < -0.39 is 6.04 Å². The molecule has 0 saturated carbocycles. The Kier molecular flexibility index (Phi) is 10.7. The van der Waals surface area contributed by atoms with Crippen molar-refractivity contribution in [3.63, 3.8) is 0 Å². The van der Waals surface area contributed by atoms with Crippen molar-refractivity contribution in [1.29, 1.82) is 0 Å². The van der Waals surface area contributed by atoms with E-state index in [9.17, 15) is 4.79 Å². The van der Waals surface area contributed by atoms with Crippen molar-refractivity contribution in [3.8, 4) is 0 Å². The van der Waals surface area contributed by atoms with E-state index in [1.165, 1.54) is 7.11 Å². The Balaban J connectivity index is 0. The van der Waals surface area contributed by atoms with E-state index in [4.69, 9.17) is 0 Å². The molecule has 0 radical (unpaired) electrons. The second-order valence-corrected chi connectivity index (χ2v) is 1.72. The summed E-state index contributed by atoms with van der Waals surface area (Å²) < 4.78 is 0. The number of nitrogens with one attached hydrogen (secondary N) is 2. The van der Waals surface area contributed by atoms with Crippen LogP contribution in [-0.4, -0.2) is 19.1 Å². The van der Waals surface area contributed by atoms with Crippen LogP contribution in [0.5, 0.6) is 0 Å². The number of hydrogen-bond acceptors (Lipinski definition) is 3. The number of rotatable bonds is 3. The van der Waals surface area contributed by atoms with Crippen LogP contribution in [0, 0.1) is 38.0 Å². The second kappa shape index (κ2) is 7.97. The summed E-state index contributed by atoms with van der Waals surface area (Å²) in [7, 11) is 3.55. The maximum atomic E-state index is 10.6. The van der Waals surface area contributed by atoms with Crippen LogP contribution in [0.25, 0.3) is 0 Å². The van der Waals surface area contributed by atoms with Gasteiger partial charge in [-0.05, 0) is 6.04 Å². The summed E-state index contributed by atoms with van der Waals surface area (Å²) in [6.07, 6.45) is 0. The monoisotopic (exact) mass is 387 g/mol. The van der Waals surface area contributed by atoms with E-state index in [-0.39, 0.29) is 37.0 Å². The molecule has 0 heterocycles. The fraction of sp³-hybridized carbons (Fsp3) is 0.500. The van der Waals surface area contributed by atoms with Gasteiger partial charge in [0.1, 0.15) is 0 Å². The van der Waals surface area contributed by atoms with Crippen molar-refractivity contribution >= 4 is 15.3 Å². The SMILES string of the molecule is [CH2-]C(NP)C(=O)NOC.[U]. The van der Waals surface area contributed by atoms with Crippen LogP contribution in [0.2, 0.25) is 0 Å². The summed E-state index contributed by atoms with van der Waals surface area (Å²) >= 11 is 0. The third-order valence-electron chi connectivity index (χ3n) is 0.720. The van der Waals surface area contributed by atoms with Gasteiger partial charge in [0.2, 0.25) is 5.91 Å². The van der Waals surface area contributed by atoms with E-state index in [0.717, 1.165) is 0 Å². The molecule has 0 bridgehead atoms. The summed E-state index contributed by atoms with van der Waals surface area (Å²) in [4.78, 5) is 14.9. The van der Waals surface area contributed by atoms with E-state index in [2.05, 4.69) is 31.7 Å². The molecule has 0 fully saturated rings. The molecule has 0 spiro atoms. The molecule has 0 saturated heterocycles. The zero-order valence-electron chi connectivity index (χ0n) is 5.68. The van der Waals surface area contributed by atoms with Crippen LogP contribution in [-0.2, 0) is 9.63 Å². The molecule has 0 aliphatic carbocycles. The van der Waals surface area contributed by atoms with Crippen molar-refractivity contribution in [3.05, 3.63) is 6.92 Å². The van der Waals surface area contributed by atoms with Gasteiger partial charge < -0.3 is 12.0 Å². The molecule has 10 heavy (non-hydrogen) atoms. The van der Waals surface area contributed by atoms with Crippen molar-refractivity contribution in [2.45, 2.75) is 6.04 Å². The molecule has 1 amide bonds. The topological polar surface area (TPSA) is 50.4 Å². The Morgan fingerprint density at radius 2 is 2.30 bits per heavy atom. The van der Waals surface area contributed by atoms with Crippen LogP contribution in [0.4, 0.5) is 0 Å². The number of carbonyl (C=O) groups is 1. The molecular weight excluding hydrogens is 377 g/mol. The first kappa shape index (κ1) is 13.5. The number of hydrogen-bond donors (Lipinski definition) is 2. The molecule has 2 atom stereocenters. The largest absolute Gasteiger partial charge is 0.319 e. The van der Waals surface area contributed by atoms with Gasteiger partial charge in [0.25, 0.3) is 0 Å². The first-order chi connectivity index (χ1) is 4.22. The summed E-state index contributed by atoms with van der Waals surface area (Å²) in [6.45, 7) is 3.45. The first-order valence-electron chi connectivity index (χ1n) is 2.34. The Morgan fingerprint density at radius 3 is 2.60 bits per heavy atom. The van der Waals surface area contributed by atoms with Gasteiger partial charge in [-0.15, -0.1) is 0 Å². The predicted octanol–water partition coefficient (Wildman–Crippen LogP) is -0.754. The third kappa shape index (κ3) is 5.64. The molecule has 0 aliphatic rings. The molecule has 58 valence electrons. The molecule has 0 aromatic heterocycles. The van der Waals surface area contributed by atoms with Gasteiger partial charge in [0, 0.05) is 31.1 Å². The smallest absolute Gasteiger partial charge is 0.230 e. The van der Waals surface area contributed by atoms with Gasteiger partial charge >= 0.3 is 0 Å². The van der Waals surface area contributed by atoms with Gasteiger partial charge in [-0.2, -0.15) is 0 Å². The van der Waals surface area contributed by atoms with Crippen molar-refractivity contribution in [1.82, 2.24) is 10.6 Å². The quantitative estimate of drug-likeness (QED) is 0.381. The summed E-state index contributed by atoms with van der Waals surface area (Å²) in [5.41, 5.74) is 2.12. The minimum Gasteiger partial charge on any atom is -0.319 e. The molecule has 2 N–H and O–H groups in total. The molecule has 6 heteroatoms. The minimum absolute atomic E-state index is 0. The molecular formula is C4H10N2O2PU-. The van der Waals surface area contributed by atoms with Crippen molar-refractivity contribution in [2.75, 3.05) is 7.11 Å². The summed E-state index contributed by atoms with van der Waals surface area (Å²) in [5.74, 6) is -0.299. The molecule has 0 aromatic carbocycles. The maximum absolute atomic E-state index is 10.6. The Hall–Kier alpha value is 0.872. The predicted molar refractivity (Wildman–Crippen MR) is 37.1 cm³/mol. The Bertz CT molecular complexity index is 103. The molecule has 2 unspecified atom stereocenters. The normalized spacial score (nSPS) is 11.5. The maximum Gasteiger partial charge on any atom is 0.230 e. The Labute approximate surface area is 86.4 Å². The molecule has 0 aliphatic heterocycles. The van der Waals surface area contributed by atoms with E-state index in [1.54, 1.807) is 0 Å². The second-order valence-electron chi connectivity index (χ2n) is 1.39. The van der Waals surface area contributed by atoms with Crippen molar-refractivity contribution in [2.24, 2.45) is 0 Å². The van der Waals surface area contributed by atoms with Crippen LogP contribution in [0.3, 0.4) is 0 Å². The Morgan fingerprint density at radius 1 is 1.80 bits per heavy atom. The van der Waals surface area contributed by atoms with Gasteiger partial charge in [-0.3, -0.25) is 9.63 Å². The minimum atomic E-state index is -0.491. The molecule has 0 rings (SSSR count). The summed E-state index contributed by atoms with van der Waals surface area (Å²) in [5, 5.41) is 2.56. The average molecular weight is 387 g/mol. The zero-order valence-corrected chi connectivity index (χ0v) is 11.0. The van der Waals surface area contributed by atoms with Crippen LogP contribution >= 0.6 is 9.39 Å². The van der Waals surface area contributed by atoms with Gasteiger partial charge in [-0.1, -0.05) is 9.39 Å². The molecule has 4 nitrogen and oxygen atoms in total. The van der Waals surface area contributed by atoms with E-state index in [0.29, 0.717) is 0 Å². The fourth-order valence-electron chi connectivity index (χ4n) is 0.247. The van der Waals surface area contributed by atoms with Crippen molar-refractivity contribution < 1.29 is 40.7 Å². The van der Waals surface area contributed by atoms with Gasteiger partial charge in [-0.25, -0.2) is 5.48 Å². The average Bonchev–Trinajstić information content (AvgIpc) is 1.87. The number of hydroxylamine groups is 1. The third-order valence-corrected chi connectivity index (χ3v) is 1.12. The van der Waals surface area contributed by atoms with Gasteiger partial charge in [0.15, 0.2) is 0 Å². The van der Waals surface area contributed by atoms with E-state index in [1.807, 2.05) is 0 Å². The van der Waals surface area contributed by atoms with Crippen LogP contribution < -0.4 is 10.6 Å². The first-order valence-corrected chi connectivity index (χ1v) is 2.92. The molecule has 0 aromatic rings. The van der Waals surface area contributed by atoms with E-state index >= 15 is 0 Å². The number of amides is 1.